The standard InChI is InChI=1S/C16H14N4O2/c21-15(19-11-14-6-2-9-22-14)12-4-1-5-13(10-12)20-16-17-7-3-8-18-16/h1-10H,11H2,(H,19,21)(H,17,18,20). The highest BCUT2D eigenvalue weighted by Gasteiger charge is 2.07. The Morgan fingerprint density at radius 3 is 2.73 bits per heavy atom. The van der Waals surface area contributed by atoms with E-state index in [1.165, 1.54) is 0 Å². The van der Waals surface area contributed by atoms with Crippen molar-refractivity contribution in [1.29, 1.82) is 0 Å². The molecule has 2 N–H and O–H groups in total. The van der Waals surface area contributed by atoms with Gasteiger partial charge in [0.1, 0.15) is 5.76 Å². The summed E-state index contributed by atoms with van der Waals surface area (Å²) < 4.78 is 5.18. The molecule has 110 valence electrons. The van der Waals surface area contributed by atoms with E-state index in [2.05, 4.69) is 20.6 Å². The van der Waals surface area contributed by atoms with E-state index in [1.807, 2.05) is 12.1 Å². The van der Waals surface area contributed by atoms with Crippen LogP contribution in [0, 0.1) is 0 Å². The zero-order chi connectivity index (χ0) is 15.2. The molecule has 0 aliphatic rings. The number of amides is 1. The van der Waals surface area contributed by atoms with Crippen molar-refractivity contribution in [2.75, 3.05) is 5.32 Å². The lowest BCUT2D eigenvalue weighted by Gasteiger charge is -2.07. The predicted molar refractivity (Wildman–Crippen MR) is 81.6 cm³/mol. The van der Waals surface area contributed by atoms with Gasteiger partial charge in [0.25, 0.3) is 5.91 Å². The Labute approximate surface area is 127 Å². The van der Waals surface area contributed by atoms with Crippen LogP contribution in [0.4, 0.5) is 11.6 Å². The van der Waals surface area contributed by atoms with Crippen LogP contribution in [0.25, 0.3) is 0 Å². The van der Waals surface area contributed by atoms with E-state index in [0.717, 1.165) is 5.69 Å². The van der Waals surface area contributed by atoms with E-state index in [9.17, 15) is 4.79 Å². The molecule has 3 aromatic rings. The van der Waals surface area contributed by atoms with E-state index in [4.69, 9.17) is 4.42 Å². The van der Waals surface area contributed by atoms with E-state index >= 15 is 0 Å². The first kappa shape index (κ1) is 13.8. The molecule has 1 amide bonds. The SMILES string of the molecule is O=C(NCc1ccco1)c1cccc(Nc2ncccn2)c1. The van der Waals surface area contributed by atoms with E-state index in [1.54, 1.807) is 49.0 Å². The number of nitrogens with zero attached hydrogens (tertiary/aromatic N) is 2. The Balaban J connectivity index is 1.66. The van der Waals surface area contributed by atoms with Gasteiger partial charge in [-0.15, -0.1) is 0 Å². The number of anilines is 2. The molecule has 0 aliphatic carbocycles. The molecule has 0 saturated carbocycles. The molecule has 0 fully saturated rings. The highest BCUT2D eigenvalue weighted by Crippen LogP contribution is 2.14. The van der Waals surface area contributed by atoms with E-state index in [-0.39, 0.29) is 5.91 Å². The summed E-state index contributed by atoms with van der Waals surface area (Å²) in [6, 6.07) is 12.5. The summed E-state index contributed by atoms with van der Waals surface area (Å²) in [5.74, 6) is 1.02. The Hall–Kier alpha value is -3.15. The molecule has 22 heavy (non-hydrogen) atoms. The fourth-order valence-electron chi connectivity index (χ4n) is 1.91. The normalized spacial score (nSPS) is 10.2. The smallest absolute Gasteiger partial charge is 0.251 e. The molecule has 0 bridgehead atoms. The number of hydrogen-bond donors (Lipinski definition) is 2. The van der Waals surface area contributed by atoms with Gasteiger partial charge in [0.2, 0.25) is 5.95 Å². The molecule has 0 saturated heterocycles. The van der Waals surface area contributed by atoms with Crippen LogP contribution in [0.1, 0.15) is 16.1 Å². The lowest BCUT2D eigenvalue weighted by atomic mass is 10.2. The van der Waals surface area contributed by atoms with E-state index < -0.39 is 0 Å². The van der Waals surface area contributed by atoms with Crippen LogP contribution >= 0.6 is 0 Å². The third-order valence-electron chi connectivity index (χ3n) is 2.95. The van der Waals surface area contributed by atoms with Crippen LogP contribution in [0.15, 0.2) is 65.5 Å². The zero-order valence-electron chi connectivity index (χ0n) is 11.7. The first-order valence-corrected chi connectivity index (χ1v) is 6.76. The lowest BCUT2D eigenvalue weighted by molar-refractivity contribution is 0.0948. The van der Waals surface area contributed by atoms with Gasteiger partial charge >= 0.3 is 0 Å². The first-order valence-electron chi connectivity index (χ1n) is 6.76. The maximum Gasteiger partial charge on any atom is 0.251 e. The molecular formula is C16H14N4O2. The monoisotopic (exact) mass is 294 g/mol. The third-order valence-corrected chi connectivity index (χ3v) is 2.95. The zero-order valence-corrected chi connectivity index (χ0v) is 11.7. The second kappa shape index (κ2) is 6.53. The minimum Gasteiger partial charge on any atom is -0.467 e. The number of carbonyl (C=O) groups excluding carboxylic acids is 1. The van der Waals surface area contributed by atoms with Crippen LogP contribution in [0.5, 0.6) is 0 Å². The molecule has 2 heterocycles. The molecule has 2 aromatic heterocycles. The van der Waals surface area contributed by atoms with E-state index in [0.29, 0.717) is 23.8 Å². The summed E-state index contributed by atoms with van der Waals surface area (Å²) in [5.41, 5.74) is 1.30. The van der Waals surface area contributed by atoms with Crippen molar-refractivity contribution in [2.45, 2.75) is 6.54 Å². The van der Waals surface area contributed by atoms with Crippen molar-refractivity contribution in [1.82, 2.24) is 15.3 Å². The van der Waals surface area contributed by atoms with Crippen LogP contribution in [0.3, 0.4) is 0 Å². The molecule has 6 heteroatoms. The summed E-state index contributed by atoms with van der Waals surface area (Å²) in [4.78, 5) is 20.3. The quantitative estimate of drug-likeness (QED) is 0.756. The van der Waals surface area contributed by atoms with Gasteiger partial charge in [-0.1, -0.05) is 6.07 Å². The average molecular weight is 294 g/mol. The number of hydrogen-bond acceptors (Lipinski definition) is 5. The number of carbonyl (C=O) groups is 1. The molecular weight excluding hydrogens is 280 g/mol. The summed E-state index contributed by atoms with van der Waals surface area (Å²) in [6.07, 6.45) is 4.87. The number of benzene rings is 1. The molecule has 1 aromatic carbocycles. The Morgan fingerprint density at radius 2 is 1.95 bits per heavy atom. The molecule has 0 aliphatic heterocycles. The Morgan fingerprint density at radius 1 is 1.09 bits per heavy atom. The Bertz CT molecular complexity index is 742. The van der Waals surface area contributed by atoms with Crippen LogP contribution in [-0.2, 0) is 6.54 Å². The van der Waals surface area contributed by atoms with Crippen molar-refractivity contribution in [3.8, 4) is 0 Å². The van der Waals surface area contributed by atoms with Crippen LogP contribution < -0.4 is 10.6 Å². The van der Waals surface area contributed by atoms with Gasteiger partial charge in [-0.05, 0) is 36.4 Å². The van der Waals surface area contributed by atoms with Crippen molar-refractivity contribution >= 4 is 17.5 Å². The van der Waals surface area contributed by atoms with Gasteiger partial charge in [0, 0.05) is 23.6 Å². The van der Waals surface area contributed by atoms with Gasteiger partial charge in [-0.2, -0.15) is 0 Å². The van der Waals surface area contributed by atoms with Gasteiger partial charge in [-0.25, -0.2) is 9.97 Å². The predicted octanol–water partition coefficient (Wildman–Crippen LogP) is 2.74. The summed E-state index contributed by atoms with van der Waals surface area (Å²) in [5, 5.41) is 5.85. The van der Waals surface area contributed by atoms with Gasteiger partial charge in [0.15, 0.2) is 0 Å². The highest BCUT2D eigenvalue weighted by atomic mass is 16.3. The molecule has 0 radical (unpaired) electrons. The van der Waals surface area contributed by atoms with Crippen molar-refractivity contribution in [3.63, 3.8) is 0 Å². The third kappa shape index (κ3) is 3.49. The molecule has 3 rings (SSSR count). The van der Waals surface area contributed by atoms with Crippen molar-refractivity contribution < 1.29 is 9.21 Å². The first-order chi connectivity index (χ1) is 10.8. The van der Waals surface area contributed by atoms with Gasteiger partial charge in [0.05, 0.1) is 12.8 Å². The fourth-order valence-corrected chi connectivity index (χ4v) is 1.91. The minimum atomic E-state index is -0.172. The molecule has 0 spiro atoms. The van der Waals surface area contributed by atoms with Crippen LogP contribution in [0.2, 0.25) is 0 Å². The largest absolute Gasteiger partial charge is 0.467 e. The fraction of sp³-hybridized carbons (Fsp3) is 0.0625. The number of aromatic nitrogens is 2. The topological polar surface area (TPSA) is 80.0 Å². The summed E-state index contributed by atoms with van der Waals surface area (Å²) >= 11 is 0. The highest BCUT2D eigenvalue weighted by molar-refractivity contribution is 5.95. The van der Waals surface area contributed by atoms with Gasteiger partial charge < -0.3 is 15.1 Å². The molecule has 0 atom stereocenters. The summed E-state index contributed by atoms with van der Waals surface area (Å²) in [7, 11) is 0. The number of furan rings is 1. The average Bonchev–Trinajstić information content (AvgIpc) is 3.07. The second-order valence-electron chi connectivity index (χ2n) is 4.54. The number of nitrogens with one attached hydrogen (secondary N) is 2. The minimum absolute atomic E-state index is 0.172. The van der Waals surface area contributed by atoms with Crippen molar-refractivity contribution in [2.24, 2.45) is 0 Å². The maximum absolute atomic E-state index is 12.1. The van der Waals surface area contributed by atoms with Crippen LogP contribution in [-0.4, -0.2) is 15.9 Å². The molecule has 6 nitrogen and oxygen atoms in total. The summed E-state index contributed by atoms with van der Waals surface area (Å²) in [6.45, 7) is 0.352. The number of rotatable bonds is 5. The lowest BCUT2D eigenvalue weighted by Crippen LogP contribution is -2.22. The maximum atomic E-state index is 12.1. The van der Waals surface area contributed by atoms with Gasteiger partial charge in [-0.3, -0.25) is 4.79 Å². The molecule has 0 unspecified atom stereocenters. The second-order valence-corrected chi connectivity index (χ2v) is 4.54. The Kier molecular flexibility index (Phi) is 4.10. The van der Waals surface area contributed by atoms with Crippen molar-refractivity contribution in [3.05, 3.63) is 72.4 Å².